The van der Waals surface area contributed by atoms with Crippen molar-refractivity contribution in [2.24, 2.45) is 10.7 Å². The third-order valence-corrected chi connectivity index (χ3v) is 4.62. The van der Waals surface area contributed by atoms with Gasteiger partial charge in [-0.1, -0.05) is 24.3 Å². The molecule has 1 aromatic carbocycles. The van der Waals surface area contributed by atoms with Gasteiger partial charge in [-0.05, 0) is 38.7 Å². The van der Waals surface area contributed by atoms with Crippen molar-refractivity contribution in [3.8, 4) is 0 Å². The van der Waals surface area contributed by atoms with Gasteiger partial charge in [0.15, 0.2) is 5.76 Å². The van der Waals surface area contributed by atoms with Gasteiger partial charge in [-0.15, -0.1) is 0 Å². The van der Waals surface area contributed by atoms with Crippen molar-refractivity contribution in [1.29, 1.82) is 0 Å². The molecule has 2 amide bonds. The highest BCUT2D eigenvalue weighted by atomic mass is 16.3. The van der Waals surface area contributed by atoms with Crippen molar-refractivity contribution in [3.63, 3.8) is 0 Å². The standard InChI is InChI=1S/C19H23N3O3/c1-19(2)11-12-7-3-4-8-13(12)15(21-19)14(16(23)17(20)24)18(25)22-9-5-6-10-22/h3-4,7-8,23H,5-6,9-11H2,1-2H3,(H2,20,24)/b16-14+. The van der Waals surface area contributed by atoms with Crippen LogP contribution in [0.4, 0.5) is 0 Å². The first-order valence-electron chi connectivity index (χ1n) is 8.51. The molecule has 0 spiro atoms. The fraction of sp³-hybridized carbons (Fsp3) is 0.421. The lowest BCUT2D eigenvalue weighted by Crippen LogP contribution is -2.38. The first kappa shape index (κ1) is 17.2. The summed E-state index contributed by atoms with van der Waals surface area (Å²) >= 11 is 0. The van der Waals surface area contributed by atoms with E-state index in [0.29, 0.717) is 18.8 Å². The van der Waals surface area contributed by atoms with Crippen molar-refractivity contribution in [1.82, 2.24) is 4.90 Å². The number of aliphatic hydroxyl groups is 1. The molecular formula is C19H23N3O3. The largest absolute Gasteiger partial charge is 0.502 e. The first-order valence-corrected chi connectivity index (χ1v) is 8.51. The van der Waals surface area contributed by atoms with E-state index in [4.69, 9.17) is 10.7 Å². The topological polar surface area (TPSA) is 96.0 Å². The molecule has 132 valence electrons. The number of hydrogen-bond donors (Lipinski definition) is 2. The second-order valence-electron chi connectivity index (χ2n) is 7.19. The summed E-state index contributed by atoms with van der Waals surface area (Å²) < 4.78 is 0. The van der Waals surface area contributed by atoms with Gasteiger partial charge in [0.25, 0.3) is 11.8 Å². The Labute approximate surface area is 147 Å². The second-order valence-corrected chi connectivity index (χ2v) is 7.19. The van der Waals surface area contributed by atoms with Gasteiger partial charge in [-0.2, -0.15) is 0 Å². The second kappa shape index (κ2) is 6.35. The molecule has 6 heteroatoms. The van der Waals surface area contributed by atoms with E-state index in [2.05, 4.69) is 0 Å². The highest BCUT2D eigenvalue weighted by molar-refractivity contribution is 6.31. The van der Waals surface area contributed by atoms with E-state index in [1.165, 1.54) is 0 Å². The number of carbonyl (C=O) groups is 2. The van der Waals surface area contributed by atoms with E-state index in [9.17, 15) is 14.7 Å². The van der Waals surface area contributed by atoms with E-state index in [1.54, 1.807) is 4.90 Å². The van der Waals surface area contributed by atoms with Crippen LogP contribution in [0.25, 0.3) is 0 Å². The molecule has 2 aliphatic heterocycles. The summed E-state index contributed by atoms with van der Waals surface area (Å²) in [6.45, 7) is 5.13. The van der Waals surface area contributed by atoms with Gasteiger partial charge >= 0.3 is 0 Å². The van der Waals surface area contributed by atoms with Gasteiger partial charge in [0.1, 0.15) is 5.57 Å². The Morgan fingerprint density at radius 2 is 1.84 bits per heavy atom. The summed E-state index contributed by atoms with van der Waals surface area (Å²) in [5.74, 6) is -2.13. The molecular weight excluding hydrogens is 318 g/mol. The number of primary amides is 1. The van der Waals surface area contributed by atoms with Crippen LogP contribution in [0.5, 0.6) is 0 Å². The van der Waals surface area contributed by atoms with Gasteiger partial charge in [-0.3, -0.25) is 14.6 Å². The van der Waals surface area contributed by atoms with E-state index in [1.807, 2.05) is 38.1 Å². The lowest BCUT2D eigenvalue weighted by atomic mass is 9.84. The number of amides is 2. The molecule has 0 atom stereocenters. The van der Waals surface area contributed by atoms with Gasteiger partial charge in [0.05, 0.1) is 11.3 Å². The maximum absolute atomic E-state index is 13.0. The molecule has 25 heavy (non-hydrogen) atoms. The number of aliphatic hydroxyl groups excluding tert-OH is 1. The van der Waals surface area contributed by atoms with Gasteiger partial charge in [0.2, 0.25) is 0 Å². The highest BCUT2D eigenvalue weighted by Gasteiger charge is 2.35. The summed E-state index contributed by atoms with van der Waals surface area (Å²) in [7, 11) is 0. The van der Waals surface area contributed by atoms with Crippen molar-refractivity contribution >= 4 is 17.5 Å². The van der Waals surface area contributed by atoms with Crippen LogP contribution in [0.15, 0.2) is 40.6 Å². The number of nitrogens with zero attached hydrogens (tertiary/aromatic N) is 2. The van der Waals surface area contributed by atoms with Gasteiger partial charge < -0.3 is 15.7 Å². The average molecular weight is 341 g/mol. The summed E-state index contributed by atoms with van der Waals surface area (Å²) in [5.41, 5.74) is 6.90. The first-order chi connectivity index (χ1) is 11.8. The molecule has 0 aliphatic carbocycles. The Morgan fingerprint density at radius 1 is 1.20 bits per heavy atom. The molecule has 3 N–H and O–H groups in total. The Hall–Kier alpha value is -2.63. The van der Waals surface area contributed by atoms with Crippen molar-refractivity contribution in [2.45, 2.75) is 38.6 Å². The lowest BCUT2D eigenvalue weighted by molar-refractivity contribution is -0.126. The quantitative estimate of drug-likeness (QED) is 0.647. The fourth-order valence-electron chi connectivity index (χ4n) is 3.48. The maximum atomic E-state index is 13.0. The molecule has 2 aliphatic rings. The fourth-order valence-corrected chi connectivity index (χ4v) is 3.48. The van der Waals surface area contributed by atoms with E-state index >= 15 is 0 Å². The molecule has 2 heterocycles. The Bertz CT molecular complexity index is 787. The predicted octanol–water partition coefficient (Wildman–Crippen LogP) is 1.73. The minimum atomic E-state index is -1.02. The van der Waals surface area contributed by atoms with Gasteiger partial charge in [-0.25, -0.2) is 0 Å². The van der Waals surface area contributed by atoms with Crippen molar-refractivity contribution in [3.05, 3.63) is 46.7 Å². The van der Waals surface area contributed by atoms with Crippen LogP contribution in [0, 0.1) is 0 Å². The number of carbonyl (C=O) groups excluding carboxylic acids is 2. The zero-order chi connectivity index (χ0) is 18.2. The molecule has 0 unspecified atom stereocenters. The maximum Gasteiger partial charge on any atom is 0.284 e. The summed E-state index contributed by atoms with van der Waals surface area (Å²) in [6.07, 6.45) is 2.53. The van der Waals surface area contributed by atoms with Crippen LogP contribution >= 0.6 is 0 Å². The molecule has 0 aromatic heterocycles. The normalized spacial score (nSPS) is 19.8. The van der Waals surface area contributed by atoms with E-state index < -0.39 is 17.2 Å². The number of nitrogens with two attached hydrogens (primary N) is 1. The highest BCUT2D eigenvalue weighted by Crippen LogP contribution is 2.31. The SMILES string of the molecule is CC1(C)Cc2ccccc2C(/C(C(=O)N2CCCC2)=C(\O)C(N)=O)=N1. The molecule has 1 fully saturated rings. The minimum Gasteiger partial charge on any atom is -0.502 e. The van der Waals surface area contributed by atoms with E-state index in [0.717, 1.165) is 30.4 Å². The molecule has 6 nitrogen and oxygen atoms in total. The van der Waals surface area contributed by atoms with Crippen molar-refractivity contribution < 1.29 is 14.7 Å². The minimum absolute atomic E-state index is 0.0883. The van der Waals surface area contributed by atoms with Crippen LogP contribution in [0.1, 0.15) is 37.8 Å². The Balaban J connectivity index is 2.18. The summed E-state index contributed by atoms with van der Waals surface area (Å²) in [6, 6.07) is 7.61. The lowest BCUT2D eigenvalue weighted by Gasteiger charge is -2.30. The summed E-state index contributed by atoms with van der Waals surface area (Å²) in [5, 5.41) is 10.3. The molecule has 3 rings (SSSR count). The predicted molar refractivity (Wildman–Crippen MR) is 95.4 cm³/mol. The Morgan fingerprint density at radius 3 is 2.48 bits per heavy atom. The number of hydrogen-bond acceptors (Lipinski definition) is 4. The number of benzene rings is 1. The van der Waals surface area contributed by atoms with Gasteiger partial charge in [0, 0.05) is 18.7 Å². The van der Waals surface area contributed by atoms with Crippen LogP contribution in [-0.4, -0.2) is 46.2 Å². The van der Waals surface area contributed by atoms with E-state index in [-0.39, 0.29) is 11.5 Å². The van der Waals surface area contributed by atoms with Crippen LogP contribution < -0.4 is 5.73 Å². The average Bonchev–Trinajstić information content (AvgIpc) is 3.08. The molecule has 1 aromatic rings. The number of likely N-dealkylation sites (tertiary alicyclic amines) is 1. The van der Waals surface area contributed by atoms with Crippen molar-refractivity contribution in [2.75, 3.05) is 13.1 Å². The zero-order valence-corrected chi connectivity index (χ0v) is 14.6. The molecule has 0 saturated carbocycles. The molecule has 0 bridgehead atoms. The monoisotopic (exact) mass is 341 g/mol. The number of fused-ring (bicyclic) bond motifs is 1. The third-order valence-electron chi connectivity index (χ3n) is 4.62. The smallest absolute Gasteiger partial charge is 0.284 e. The Kier molecular flexibility index (Phi) is 4.37. The molecule has 1 saturated heterocycles. The van der Waals surface area contributed by atoms with Crippen LogP contribution in [0.2, 0.25) is 0 Å². The molecule has 0 radical (unpaired) electrons. The number of aliphatic imine (C=N–C) groups is 1. The zero-order valence-electron chi connectivity index (χ0n) is 14.6. The van der Waals surface area contributed by atoms with Crippen LogP contribution in [0.3, 0.4) is 0 Å². The summed E-state index contributed by atoms with van der Waals surface area (Å²) in [4.78, 5) is 31.0. The third kappa shape index (κ3) is 3.29. The van der Waals surface area contributed by atoms with Crippen LogP contribution in [-0.2, 0) is 16.0 Å². The number of rotatable bonds is 3.